The Morgan fingerprint density at radius 1 is 1.20 bits per heavy atom. The van der Waals surface area contributed by atoms with E-state index in [1.807, 2.05) is 18.2 Å². The van der Waals surface area contributed by atoms with Crippen molar-refractivity contribution in [1.29, 1.82) is 0 Å². The van der Waals surface area contributed by atoms with Crippen LogP contribution in [-0.4, -0.2) is 58.7 Å². The number of nitrogens with one attached hydrogen (secondary N) is 1. The molecule has 7 nitrogen and oxygen atoms in total. The highest BCUT2D eigenvalue weighted by Gasteiger charge is 2.20. The van der Waals surface area contributed by atoms with Crippen molar-refractivity contribution in [2.45, 2.75) is 20.0 Å². The topological polar surface area (TPSA) is 77.1 Å². The van der Waals surface area contributed by atoms with Gasteiger partial charge in [0.15, 0.2) is 5.96 Å². The van der Waals surface area contributed by atoms with Crippen molar-refractivity contribution in [3.05, 3.63) is 47.9 Å². The fraction of sp³-hybridized carbons (Fsp3) is 0.444. The highest BCUT2D eigenvalue weighted by atomic mass is 16.5. The van der Waals surface area contributed by atoms with Gasteiger partial charge in [-0.3, -0.25) is 4.90 Å². The van der Waals surface area contributed by atoms with E-state index in [-0.39, 0.29) is 5.75 Å². The first-order chi connectivity index (χ1) is 12.2. The van der Waals surface area contributed by atoms with Gasteiger partial charge in [0.25, 0.3) is 0 Å². The van der Waals surface area contributed by atoms with Crippen molar-refractivity contribution in [2.24, 2.45) is 4.99 Å². The summed E-state index contributed by atoms with van der Waals surface area (Å²) in [4.78, 5) is 9.41. The van der Waals surface area contributed by atoms with E-state index in [4.69, 9.17) is 9.52 Å². The average molecular weight is 343 g/mol. The van der Waals surface area contributed by atoms with Gasteiger partial charge >= 0.3 is 0 Å². The van der Waals surface area contributed by atoms with E-state index in [1.54, 1.807) is 18.4 Å². The summed E-state index contributed by atoms with van der Waals surface area (Å²) in [6.45, 7) is 8.14. The van der Waals surface area contributed by atoms with E-state index in [9.17, 15) is 5.11 Å². The number of aromatic nitrogens is 1. The minimum absolute atomic E-state index is 0.280. The van der Waals surface area contributed by atoms with Crippen LogP contribution in [0.25, 0.3) is 0 Å². The molecule has 0 spiro atoms. The molecule has 0 saturated carbocycles. The molecule has 134 valence electrons. The second-order valence-corrected chi connectivity index (χ2v) is 6.09. The fourth-order valence-corrected chi connectivity index (χ4v) is 2.86. The molecule has 0 amide bonds. The Morgan fingerprint density at radius 3 is 2.60 bits per heavy atom. The zero-order chi connectivity index (χ0) is 17.5. The molecule has 2 aromatic rings. The molecule has 0 radical (unpaired) electrons. The molecule has 3 rings (SSSR count). The first-order valence-corrected chi connectivity index (χ1v) is 8.67. The van der Waals surface area contributed by atoms with Gasteiger partial charge in [-0.25, -0.2) is 4.99 Å². The molecule has 2 N–H and O–H groups in total. The second kappa shape index (κ2) is 8.53. The Hall–Kier alpha value is -2.54. The van der Waals surface area contributed by atoms with Crippen molar-refractivity contribution in [1.82, 2.24) is 20.3 Å². The van der Waals surface area contributed by atoms with Crippen LogP contribution in [0.15, 0.2) is 46.1 Å². The second-order valence-electron chi connectivity index (χ2n) is 6.09. The standard InChI is InChI=1S/C18H25N5O2/c1-2-19-18(20-13-15-3-5-17(24)6-4-15)23-10-8-22(9-11-23)14-16-7-12-25-21-16/h3-7,12,24H,2,8-11,13-14H2,1H3,(H,19,20). The molecular formula is C18H25N5O2. The van der Waals surface area contributed by atoms with Crippen LogP contribution in [0.5, 0.6) is 5.75 Å². The summed E-state index contributed by atoms with van der Waals surface area (Å²) in [6.07, 6.45) is 1.62. The van der Waals surface area contributed by atoms with Crippen LogP contribution in [0, 0.1) is 0 Å². The van der Waals surface area contributed by atoms with E-state index in [1.165, 1.54) is 0 Å². The Bertz CT molecular complexity index is 661. The fourth-order valence-electron chi connectivity index (χ4n) is 2.86. The molecule has 0 aliphatic carbocycles. The van der Waals surface area contributed by atoms with E-state index in [0.29, 0.717) is 6.54 Å². The van der Waals surface area contributed by atoms with E-state index < -0.39 is 0 Å². The molecule has 7 heteroatoms. The summed E-state index contributed by atoms with van der Waals surface area (Å²) in [6, 6.07) is 9.10. The molecule has 1 aliphatic rings. The van der Waals surface area contributed by atoms with E-state index >= 15 is 0 Å². The number of phenolic OH excluding ortho intramolecular Hbond substituents is 1. The van der Waals surface area contributed by atoms with Gasteiger partial charge in [-0.1, -0.05) is 17.3 Å². The molecule has 0 bridgehead atoms. The van der Waals surface area contributed by atoms with Crippen molar-refractivity contribution in [3.63, 3.8) is 0 Å². The summed E-state index contributed by atoms with van der Waals surface area (Å²) < 4.78 is 4.90. The normalized spacial score (nSPS) is 16.2. The number of aromatic hydroxyl groups is 1. The van der Waals surface area contributed by atoms with Gasteiger partial charge in [0.2, 0.25) is 0 Å². The quantitative estimate of drug-likeness (QED) is 0.635. The van der Waals surface area contributed by atoms with Gasteiger partial charge in [-0.05, 0) is 24.6 Å². The molecule has 25 heavy (non-hydrogen) atoms. The summed E-state index contributed by atoms with van der Waals surface area (Å²) in [5, 5.41) is 16.7. The van der Waals surface area contributed by atoms with Crippen LogP contribution in [0.4, 0.5) is 0 Å². The van der Waals surface area contributed by atoms with Gasteiger partial charge < -0.3 is 19.8 Å². The summed E-state index contributed by atoms with van der Waals surface area (Å²) in [5.74, 6) is 1.22. The highest BCUT2D eigenvalue weighted by molar-refractivity contribution is 5.80. The summed E-state index contributed by atoms with van der Waals surface area (Å²) in [5.41, 5.74) is 2.05. The molecule has 1 saturated heterocycles. The summed E-state index contributed by atoms with van der Waals surface area (Å²) >= 11 is 0. The van der Waals surface area contributed by atoms with Crippen molar-refractivity contribution in [3.8, 4) is 5.75 Å². The average Bonchev–Trinajstić information content (AvgIpc) is 3.14. The van der Waals surface area contributed by atoms with Crippen LogP contribution in [0.1, 0.15) is 18.2 Å². The number of benzene rings is 1. The lowest BCUT2D eigenvalue weighted by molar-refractivity contribution is 0.169. The predicted octanol–water partition coefficient (Wildman–Crippen LogP) is 1.66. The van der Waals surface area contributed by atoms with Crippen molar-refractivity contribution in [2.75, 3.05) is 32.7 Å². The minimum Gasteiger partial charge on any atom is -0.508 e. The van der Waals surface area contributed by atoms with Gasteiger partial charge in [0.05, 0.1) is 12.2 Å². The maximum atomic E-state index is 9.37. The number of hydrogen-bond acceptors (Lipinski definition) is 5. The molecule has 1 aliphatic heterocycles. The molecule has 1 fully saturated rings. The molecule has 0 unspecified atom stereocenters. The van der Waals surface area contributed by atoms with Crippen molar-refractivity contribution < 1.29 is 9.63 Å². The van der Waals surface area contributed by atoms with Gasteiger partial charge in [-0.2, -0.15) is 0 Å². The summed E-state index contributed by atoms with van der Waals surface area (Å²) in [7, 11) is 0. The Balaban J connectivity index is 1.55. The zero-order valence-electron chi connectivity index (χ0n) is 14.6. The molecular weight excluding hydrogens is 318 g/mol. The maximum absolute atomic E-state index is 9.37. The van der Waals surface area contributed by atoms with Crippen LogP contribution < -0.4 is 5.32 Å². The predicted molar refractivity (Wildman–Crippen MR) is 96.3 cm³/mol. The zero-order valence-corrected chi connectivity index (χ0v) is 14.6. The van der Waals surface area contributed by atoms with E-state index in [0.717, 1.165) is 56.5 Å². The number of hydrogen-bond donors (Lipinski definition) is 2. The van der Waals surface area contributed by atoms with Crippen molar-refractivity contribution >= 4 is 5.96 Å². The highest BCUT2D eigenvalue weighted by Crippen LogP contribution is 2.11. The number of guanidine groups is 1. The molecule has 1 aromatic heterocycles. The van der Waals surface area contributed by atoms with Gasteiger partial charge in [-0.15, -0.1) is 0 Å². The number of rotatable bonds is 5. The first kappa shape index (κ1) is 17.3. The van der Waals surface area contributed by atoms with Gasteiger partial charge in [0.1, 0.15) is 12.0 Å². The Morgan fingerprint density at radius 2 is 1.96 bits per heavy atom. The molecule has 2 heterocycles. The lowest BCUT2D eigenvalue weighted by atomic mass is 10.2. The molecule has 1 aromatic carbocycles. The number of nitrogens with zero attached hydrogens (tertiary/aromatic N) is 4. The largest absolute Gasteiger partial charge is 0.508 e. The third kappa shape index (κ3) is 4.96. The third-order valence-electron chi connectivity index (χ3n) is 4.23. The lowest BCUT2D eigenvalue weighted by Crippen LogP contribution is -2.52. The maximum Gasteiger partial charge on any atom is 0.194 e. The minimum atomic E-state index is 0.280. The number of aliphatic imine (C=N–C) groups is 1. The lowest BCUT2D eigenvalue weighted by Gasteiger charge is -2.36. The van der Waals surface area contributed by atoms with Crippen LogP contribution in [0.2, 0.25) is 0 Å². The number of piperazine rings is 1. The van der Waals surface area contributed by atoms with E-state index in [2.05, 4.69) is 27.2 Å². The SMILES string of the molecule is CCNC(=NCc1ccc(O)cc1)N1CCN(Cc2ccon2)CC1. The van der Waals surface area contributed by atoms with Gasteiger partial charge in [0, 0.05) is 45.3 Å². The monoisotopic (exact) mass is 343 g/mol. The smallest absolute Gasteiger partial charge is 0.194 e. The number of phenols is 1. The third-order valence-corrected chi connectivity index (χ3v) is 4.23. The van der Waals surface area contributed by atoms with Crippen LogP contribution in [-0.2, 0) is 13.1 Å². The molecule has 0 atom stereocenters. The van der Waals surface area contributed by atoms with Crippen LogP contribution >= 0.6 is 0 Å². The van der Waals surface area contributed by atoms with Crippen LogP contribution in [0.3, 0.4) is 0 Å². The first-order valence-electron chi connectivity index (χ1n) is 8.67. The Labute approximate surface area is 147 Å². The Kier molecular flexibility index (Phi) is 5.90.